The summed E-state index contributed by atoms with van der Waals surface area (Å²) >= 11 is 18.0. The molecule has 0 aliphatic heterocycles. The van der Waals surface area contributed by atoms with Gasteiger partial charge in [0, 0.05) is 12.6 Å². The quantitative estimate of drug-likeness (QED) is 0.248. The minimum Gasteiger partial charge on any atom is -0.352 e. The molecule has 0 bridgehead atoms. The molecule has 3 aromatic carbocycles. The first-order valence-electron chi connectivity index (χ1n) is 12.9. The molecule has 0 fully saturated rings. The summed E-state index contributed by atoms with van der Waals surface area (Å²) in [7, 11) is -4.59. The van der Waals surface area contributed by atoms with Crippen LogP contribution in [0.5, 0.6) is 0 Å². The zero-order valence-electron chi connectivity index (χ0n) is 23.5. The summed E-state index contributed by atoms with van der Waals surface area (Å²) < 4.78 is 69.6. The van der Waals surface area contributed by atoms with E-state index >= 15 is 0 Å². The van der Waals surface area contributed by atoms with Gasteiger partial charge in [-0.1, -0.05) is 58.6 Å². The third kappa shape index (κ3) is 8.56. The number of nitrogens with one attached hydrogen (secondary N) is 1. The summed E-state index contributed by atoms with van der Waals surface area (Å²) in [5.74, 6) is -1.39. The molecular formula is C29H29Cl3F3N3O4S. The fourth-order valence-corrected chi connectivity index (χ4v) is 6.03. The van der Waals surface area contributed by atoms with Gasteiger partial charge in [0.15, 0.2) is 0 Å². The average molecular weight is 679 g/mol. The van der Waals surface area contributed by atoms with Gasteiger partial charge in [-0.25, -0.2) is 8.42 Å². The molecule has 0 spiro atoms. The van der Waals surface area contributed by atoms with E-state index in [1.54, 1.807) is 26.8 Å². The van der Waals surface area contributed by atoms with Gasteiger partial charge in [-0.15, -0.1) is 0 Å². The number of benzene rings is 3. The van der Waals surface area contributed by atoms with Crippen LogP contribution in [0, 0.1) is 6.92 Å². The number of aryl methyl sites for hydroxylation is 1. The van der Waals surface area contributed by atoms with Gasteiger partial charge >= 0.3 is 6.18 Å². The molecule has 7 nitrogen and oxygen atoms in total. The smallest absolute Gasteiger partial charge is 0.352 e. The third-order valence-electron chi connectivity index (χ3n) is 6.37. The molecule has 43 heavy (non-hydrogen) atoms. The summed E-state index contributed by atoms with van der Waals surface area (Å²) in [5, 5.41) is 2.51. The second kappa shape index (κ2) is 13.8. The number of nitrogens with zero attached hydrogens (tertiary/aromatic N) is 2. The maximum Gasteiger partial charge on any atom is 0.417 e. The lowest BCUT2D eigenvalue weighted by atomic mass is 10.1. The standard InChI is InChI=1S/C29H29Cl3F3N3O4S/c1-17(2)36-28(40)19(4)37(15-20-7-11-25(31)26(32)13-20)27(39)16-38(43(41,42)22-9-5-18(3)6-10-22)21-8-12-24(30)23(14-21)29(33,34)35/h5-14,17,19H,15-16H2,1-4H3,(H,36,40). The van der Waals surface area contributed by atoms with E-state index in [1.165, 1.54) is 43.3 Å². The molecule has 1 atom stereocenters. The van der Waals surface area contributed by atoms with Crippen molar-refractivity contribution >= 4 is 62.3 Å². The van der Waals surface area contributed by atoms with Crippen LogP contribution in [0.4, 0.5) is 18.9 Å². The molecule has 0 saturated carbocycles. The van der Waals surface area contributed by atoms with Crippen molar-refractivity contribution < 1.29 is 31.2 Å². The van der Waals surface area contributed by atoms with Crippen LogP contribution in [0.1, 0.15) is 37.5 Å². The Labute approximate surface area is 263 Å². The van der Waals surface area contributed by atoms with Crippen LogP contribution in [-0.4, -0.2) is 43.8 Å². The molecule has 3 aromatic rings. The van der Waals surface area contributed by atoms with Crippen LogP contribution < -0.4 is 9.62 Å². The highest BCUT2D eigenvalue weighted by molar-refractivity contribution is 7.92. The van der Waals surface area contributed by atoms with Gasteiger partial charge in [-0.3, -0.25) is 13.9 Å². The second-order valence-corrected chi connectivity index (χ2v) is 13.2. The van der Waals surface area contributed by atoms with Crippen molar-refractivity contribution in [2.24, 2.45) is 0 Å². The summed E-state index contributed by atoms with van der Waals surface area (Å²) in [5.41, 5.74) is -0.504. The Kier molecular flexibility index (Phi) is 11.0. The molecule has 14 heteroatoms. The zero-order chi connectivity index (χ0) is 32.3. The highest BCUT2D eigenvalue weighted by Crippen LogP contribution is 2.38. The Balaban J connectivity index is 2.14. The maximum atomic E-state index is 13.9. The van der Waals surface area contributed by atoms with E-state index in [4.69, 9.17) is 34.8 Å². The van der Waals surface area contributed by atoms with E-state index < -0.39 is 56.9 Å². The number of anilines is 1. The Morgan fingerprint density at radius 1 is 0.884 bits per heavy atom. The molecule has 0 aliphatic rings. The van der Waals surface area contributed by atoms with E-state index in [-0.39, 0.29) is 27.5 Å². The van der Waals surface area contributed by atoms with Crippen LogP contribution in [0.3, 0.4) is 0 Å². The van der Waals surface area contributed by atoms with Crippen molar-refractivity contribution in [2.45, 2.75) is 57.4 Å². The minimum atomic E-state index is -4.90. The van der Waals surface area contributed by atoms with Crippen molar-refractivity contribution in [3.8, 4) is 0 Å². The molecular weight excluding hydrogens is 650 g/mol. The van der Waals surface area contributed by atoms with E-state index in [9.17, 15) is 31.2 Å². The molecule has 1 N–H and O–H groups in total. The van der Waals surface area contributed by atoms with Gasteiger partial charge in [-0.05, 0) is 75.7 Å². The fraction of sp³-hybridized carbons (Fsp3) is 0.310. The molecule has 1 unspecified atom stereocenters. The zero-order valence-corrected chi connectivity index (χ0v) is 26.6. The lowest BCUT2D eigenvalue weighted by molar-refractivity contribution is -0.139. The van der Waals surface area contributed by atoms with Gasteiger partial charge in [0.05, 0.1) is 31.2 Å². The molecule has 2 amide bonds. The van der Waals surface area contributed by atoms with Crippen LogP contribution >= 0.6 is 34.8 Å². The van der Waals surface area contributed by atoms with Gasteiger partial charge in [0.1, 0.15) is 12.6 Å². The second-order valence-electron chi connectivity index (χ2n) is 10.1. The lowest BCUT2D eigenvalue weighted by Crippen LogP contribution is -2.52. The number of sulfonamides is 1. The van der Waals surface area contributed by atoms with Crippen molar-refractivity contribution in [3.05, 3.63) is 92.4 Å². The van der Waals surface area contributed by atoms with Gasteiger partial charge in [0.25, 0.3) is 10.0 Å². The number of halogens is 6. The molecule has 3 rings (SSSR count). The highest BCUT2D eigenvalue weighted by Gasteiger charge is 2.37. The highest BCUT2D eigenvalue weighted by atomic mass is 35.5. The maximum absolute atomic E-state index is 13.9. The minimum absolute atomic E-state index is 0.185. The average Bonchev–Trinajstić information content (AvgIpc) is 2.91. The topological polar surface area (TPSA) is 86.8 Å². The monoisotopic (exact) mass is 677 g/mol. The number of carbonyl (C=O) groups excluding carboxylic acids is 2. The predicted molar refractivity (Wildman–Crippen MR) is 162 cm³/mol. The number of amides is 2. The van der Waals surface area contributed by atoms with Crippen molar-refractivity contribution in [1.29, 1.82) is 0 Å². The van der Waals surface area contributed by atoms with E-state index in [0.717, 1.165) is 22.6 Å². The molecule has 0 aromatic heterocycles. The van der Waals surface area contributed by atoms with Crippen molar-refractivity contribution in [2.75, 3.05) is 10.8 Å². The summed E-state index contributed by atoms with van der Waals surface area (Å²) in [6, 6.07) is 11.4. The van der Waals surface area contributed by atoms with E-state index in [0.29, 0.717) is 15.9 Å². The Bertz CT molecular complexity index is 1600. The molecule has 0 saturated heterocycles. The molecule has 232 valence electrons. The third-order valence-corrected chi connectivity index (χ3v) is 9.22. The first-order chi connectivity index (χ1) is 19.9. The van der Waals surface area contributed by atoms with Gasteiger partial charge < -0.3 is 10.2 Å². The number of carbonyl (C=O) groups is 2. The van der Waals surface area contributed by atoms with Gasteiger partial charge in [-0.2, -0.15) is 13.2 Å². The van der Waals surface area contributed by atoms with Crippen LogP contribution in [0.15, 0.2) is 65.6 Å². The Hall–Kier alpha value is -2.99. The molecule has 0 aliphatic carbocycles. The number of rotatable bonds is 10. The lowest BCUT2D eigenvalue weighted by Gasteiger charge is -2.32. The molecule has 0 radical (unpaired) electrons. The van der Waals surface area contributed by atoms with Crippen LogP contribution in [-0.2, 0) is 32.3 Å². The first kappa shape index (κ1) is 34.5. The fourth-order valence-electron chi connectivity index (χ4n) is 4.07. The number of alkyl halides is 3. The number of hydrogen-bond donors (Lipinski definition) is 1. The Morgan fingerprint density at radius 3 is 2.05 bits per heavy atom. The predicted octanol–water partition coefficient (Wildman–Crippen LogP) is 7.11. The Morgan fingerprint density at radius 2 is 1.49 bits per heavy atom. The molecule has 0 heterocycles. The summed E-state index contributed by atoms with van der Waals surface area (Å²) in [6.07, 6.45) is -4.90. The van der Waals surface area contributed by atoms with Crippen molar-refractivity contribution in [3.63, 3.8) is 0 Å². The van der Waals surface area contributed by atoms with E-state index in [1.807, 2.05) is 0 Å². The SMILES string of the molecule is Cc1ccc(S(=O)(=O)N(CC(=O)N(Cc2ccc(Cl)c(Cl)c2)C(C)C(=O)NC(C)C)c2ccc(Cl)c(C(F)(F)F)c2)cc1. The summed E-state index contributed by atoms with van der Waals surface area (Å²) in [4.78, 5) is 27.8. The summed E-state index contributed by atoms with van der Waals surface area (Å²) in [6.45, 7) is 5.52. The normalized spacial score (nSPS) is 12.6. The van der Waals surface area contributed by atoms with Crippen molar-refractivity contribution in [1.82, 2.24) is 10.2 Å². The number of hydrogen-bond acceptors (Lipinski definition) is 4. The van der Waals surface area contributed by atoms with E-state index in [2.05, 4.69) is 5.32 Å². The van der Waals surface area contributed by atoms with Crippen LogP contribution in [0.2, 0.25) is 15.1 Å². The largest absolute Gasteiger partial charge is 0.417 e. The first-order valence-corrected chi connectivity index (χ1v) is 15.5. The van der Waals surface area contributed by atoms with Gasteiger partial charge in [0.2, 0.25) is 11.8 Å². The van der Waals surface area contributed by atoms with Crippen LogP contribution in [0.25, 0.3) is 0 Å².